The number of fused-ring (bicyclic) bond motifs is 2. The number of methoxy groups -OCH3 is 3. The Hall–Kier alpha value is -1.55. The molecule has 6 aliphatic rings. The first-order valence-corrected chi connectivity index (χ1v) is 14.8. The first kappa shape index (κ1) is 26.4. The number of likely N-dealkylation sites (tertiary alicyclic amines) is 1. The van der Waals surface area contributed by atoms with E-state index >= 15 is 0 Å². The van der Waals surface area contributed by atoms with Crippen LogP contribution >= 0.6 is 0 Å². The quantitative estimate of drug-likeness (QED) is 0.508. The van der Waals surface area contributed by atoms with E-state index in [1.807, 2.05) is 18.2 Å². The number of aliphatic hydroxyl groups excluding tert-OH is 2. The van der Waals surface area contributed by atoms with Gasteiger partial charge in [0.1, 0.15) is 5.60 Å². The summed E-state index contributed by atoms with van der Waals surface area (Å²) in [4.78, 5) is 16.4. The lowest BCUT2D eigenvalue weighted by molar-refractivity contribution is -0.271. The largest absolute Gasteiger partial charge is 0.454 e. The van der Waals surface area contributed by atoms with E-state index in [-0.39, 0.29) is 59.2 Å². The van der Waals surface area contributed by atoms with Crippen molar-refractivity contribution in [1.82, 2.24) is 4.90 Å². The number of hydrogen-bond donors (Lipinski definition) is 2. The monoisotopic (exact) mass is 541 g/mol. The van der Waals surface area contributed by atoms with E-state index in [1.165, 1.54) is 0 Å². The zero-order chi connectivity index (χ0) is 27.3. The minimum absolute atomic E-state index is 0.0199. The van der Waals surface area contributed by atoms with Gasteiger partial charge in [0.05, 0.1) is 36.6 Å². The van der Waals surface area contributed by atoms with Crippen LogP contribution in [0, 0.1) is 40.4 Å². The number of carbonyl (C=O) groups excluding carboxylic acids is 1. The normalized spacial score (nSPS) is 51.1. The highest BCUT2D eigenvalue weighted by atomic mass is 16.6. The van der Waals surface area contributed by atoms with E-state index in [1.54, 1.807) is 33.5 Å². The summed E-state index contributed by atoms with van der Waals surface area (Å²) in [6, 6.07) is 9.13. The Bertz CT molecular complexity index is 1120. The van der Waals surface area contributed by atoms with Gasteiger partial charge in [-0.1, -0.05) is 25.1 Å². The summed E-state index contributed by atoms with van der Waals surface area (Å²) in [7, 11) is 5.25. The molecule has 6 fully saturated rings. The predicted molar refractivity (Wildman–Crippen MR) is 142 cm³/mol. The third-order valence-corrected chi connectivity index (χ3v) is 12.4. The average molecular weight is 542 g/mol. The molecular weight excluding hydrogens is 498 g/mol. The van der Waals surface area contributed by atoms with Crippen molar-refractivity contribution in [1.29, 1.82) is 0 Å². The van der Waals surface area contributed by atoms with Crippen molar-refractivity contribution >= 4 is 5.97 Å². The Balaban J connectivity index is 1.47. The lowest BCUT2D eigenvalue weighted by atomic mass is 9.43. The molecule has 5 aliphatic carbocycles. The summed E-state index contributed by atoms with van der Waals surface area (Å²) in [5.74, 6) is -0.883. The van der Waals surface area contributed by atoms with Gasteiger partial charge in [-0.25, -0.2) is 4.79 Å². The molecule has 8 nitrogen and oxygen atoms in total. The van der Waals surface area contributed by atoms with Gasteiger partial charge >= 0.3 is 5.97 Å². The Morgan fingerprint density at radius 1 is 1.10 bits per heavy atom. The van der Waals surface area contributed by atoms with Gasteiger partial charge in [-0.3, -0.25) is 4.90 Å². The maximum absolute atomic E-state index is 13.9. The lowest BCUT2D eigenvalue weighted by Gasteiger charge is -2.69. The highest BCUT2D eigenvalue weighted by molar-refractivity contribution is 5.89. The Kier molecular flexibility index (Phi) is 6.06. The number of nitrogens with zero attached hydrogens (tertiary/aromatic N) is 1. The van der Waals surface area contributed by atoms with Crippen molar-refractivity contribution in [2.45, 2.75) is 68.7 Å². The number of benzene rings is 1. The molecule has 1 spiro atoms. The first-order valence-electron chi connectivity index (χ1n) is 14.8. The zero-order valence-corrected chi connectivity index (χ0v) is 23.5. The minimum atomic E-state index is -0.977. The van der Waals surface area contributed by atoms with Gasteiger partial charge in [0.2, 0.25) is 0 Å². The Morgan fingerprint density at radius 3 is 2.54 bits per heavy atom. The summed E-state index contributed by atoms with van der Waals surface area (Å²) in [6.07, 6.45) is 1.19. The molecule has 1 aliphatic heterocycles. The number of piperidine rings is 1. The van der Waals surface area contributed by atoms with E-state index in [4.69, 9.17) is 18.9 Å². The molecule has 6 unspecified atom stereocenters. The number of ether oxygens (including phenoxy) is 4. The minimum Gasteiger partial charge on any atom is -0.454 e. The standard InChI is InChI=1S/C31H43NO7/c1-5-32-15-29(16-36-2)12-11-21(33)31-19-13-18-20(37-3)14-30(22(19)24(18)34,23(27(31)32)25(38-4)26(29)31)39-28(35)17-9-7-6-8-10-17/h6-10,18-27,33-34H,5,11-16H2,1-4H3/t18-,19-,20?,21?,22-,23?,24?,25?,26-,27?,29+,30-,31+/m1/s1. The SMILES string of the molecule is CCN1C[C@]2(COC)CCC(O)[C@]34C1C(C(OC)[C@H]23)[C@@]1(OC(=O)c2ccccc2)CC(OC)[C@H]2C[C@@H]4[C@@H]1C2O. The Morgan fingerprint density at radius 2 is 1.87 bits per heavy atom. The van der Waals surface area contributed by atoms with Crippen LogP contribution in [0.2, 0.25) is 0 Å². The highest BCUT2D eigenvalue weighted by Gasteiger charge is 2.87. The predicted octanol–water partition coefficient (Wildman–Crippen LogP) is 2.37. The van der Waals surface area contributed by atoms with Gasteiger partial charge in [0.25, 0.3) is 0 Å². The van der Waals surface area contributed by atoms with Crippen LogP contribution in [-0.2, 0) is 18.9 Å². The average Bonchev–Trinajstić information content (AvgIpc) is 3.35. The van der Waals surface area contributed by atoms with E-state index < -0.39 is 23.2 Å². The third-order valence-electron chi connectivity index (χ3n) is 12.4. The molecule has 1 aromatic carbocycles. The van der Waals surface area contributed by atoms with Crippen molar-refractivity contribution in [3.8, 4) is 0 Å². The fourth-order valence-electron chi connectivity index (χ4n) is 11.6. The van der Waals surface area contributed by atoms with Crippen LogP contribution in [0.3, 0.4) is 0 Å². The summed E-state index contributed by atoms with van der Waals surface area (Å²) < 4.78 is 25.3. The van der Waals surface area contributed by atoms with Gasteiger partial charge in [-0.15, -0.1) is 0 Å². The molecule has 1 saturated heterocycles. The number of hydrogen-bond acceptors (Lipinski definition) is 8. The molecule has 0 radical (unpaired) electrons. The molecule has 5 saturated carbocycles. The van der Waals surface area contributed by atoms with Crippen LogP contribution in [0.25, 0.3) is 0 Å². The second-order valence-electron chi connectivity index (χ2n) is 13.3. The topological polar surface area (TPSA) is 97.7 Å². The first-order chi connectivity index (χ1) is 18.8. The van der Waals surface area contributed by atoms with Crippen LogP contribution in [0.5, 0.6) is 0 Å². The van der Waals surface area contributed by atoms with Crippen LogP contribution in [-0.4, -0.2) is 98.2 Å². The van der Waals surface area contributed by atoms with Crippen LogP contribution in [0.1, 0.15) is 43.0 Å². The molecule has 2 N–H and O–H groups in total. The van der Waals surface area contributed by atoms with Crippen LogP contribution in [0.15, 0.2) is 30.3 Å². The summed E-state index contributed by atoms with van der Waals surface area (Å²) >= 11 is 0. The molecule has 0 amide bonds. The molecule has 0 aromatic heterocycles. The second kappa shape index (κ2) is 8.97. The number of rotatable bonds is 7. The van der Waals surface area contributed by atoms with Gasteiger partial charge < -0.3 is 29.2 Å². The number of carbonyl (C=O) groups is 1. The molecule has 39 heavy (non-hydrogen) atoms. The summed E-state index contributed by atoms with van der Waals surface area (Å²) in [5.41, 5.74) is -1.12. The van der Waals surface area contributed by atoms with Crippen LogP contribution < -0.4 is 0 Å². The van der Waals surface area contributed by atoms with Crippen LogP contribution in [0.4, 0.5) is 0 Å². The fourth-order valence-corrected chi connectivity index (χ4v) is 11.6. The van der Waals surface area contributed by atoms with Crippen molar-refractivity contribution < 1.29 is 34.0 Å². The molecule has 214 valence electrons. The van der Waals surface area contributed by atoms with Gasteiger partial charge in [0.15, 0.2) is 0 Å². The molecule has 1 aromatic rings. The van der Waals surface area contributed by atoms with E-state index in [2.05, 4.69) is 11.8 Å². The molecule has 8 heteroatoms. The zero-order valence-electron chi connectivity index (χ0n) is 23.5. The maximum atomic E-state index is 13.9. The fraction of sp³-hybridized carbons (Fsp3) is 0.774. The summed E-state index contributed by atoms with van der Waals surface area (Å²) in [6.45, 7) is 4.48. The van der Waals surface area contributed by atoms with E-state index in [0.717, 1.165) is 25.9 Å². The van der Waals surface area contributed by atoms with Gasteiger partial charge in [-0.2, -0.15) is 0 Å². The second-order valence-corrected chi connectivity index (χ2v) is 13.3. The third kappa shape index (κ3) is 3.03. The van der Waals surface area contributed by atoms with Gasteiger partial charge in [-0.05, 0) is 43.9 Å². The van der Waals surface area contributed by atoms with Crippen molar-refractivity contribution in [3.05, 3.63) is 35.9 Å². The highest BCUT2D eigenvalue weighted by Crippen LogP contribution is 2.79. The van der Waals surface area contributed by atoms with E-state index in [0.29, 0.717) is 25.0 Å². The lowest BCUT2D eigenvalue weighted by Crippen LogP contribution is -2.76. The number of aliphatic hydroxyl groups is 2. The molecule has 1 heterocycles. The van der Waals surface area contributed by atoms with Gasteiger partial charge in [0, 0.05) is 74.8 Å². The molecule has 7 bridgehead atoms. The smallest absolute Gasteiger partial charge is 0.338 e. The van der Waals surface area contributed by atoms with Crippen molar-refractivity contribution in [2.75, 3.05) is 41.0 Å². The number of esters is 1. The Labute approximate surface area is 230 Å². The maximum Gasteiger partial charge on any atom is 0.338 e. The molecule has 7 rings (SSSR count). The van der Waals surface area contributed by atoms with E-state index in [9.17, 15) is 15.0 Å². The van der Waals surface area contributed by atoms with Crippen molar-refractivity contribution in [3.63, 3.8) is 0 Å². The van der Waals surface area contributed by atoms with Crippen molar-refractivity contribution in [2.24, 2.45) is 40.4 Å². The summed E-state index contributed by atoms with van der Waals surface area (Å²) in [5, 5.41) is 24.2. The molecule has 13 atom stereocenters. The molecular formula is C31H43NO7.